The minimum atomic E-state index is -0.836. The summed E-state index contributed by atoms with van der Waals surface area (Å²) in [5.41, 5.74) is 3.94. The molecule has 1 aliphatic rings. The molecule has 1 N–H and O–H groups in total. The molecule has 0 amide bonds. The Morgan fingerprint density at radius 2 is 1.64 bits per heavy atom. The van der Waals surface area contributed by atoms with E-state index in [4.69, 9.17) is 14.9 Å². The van der Waals surface area contributed by atoms with Crippen molar-refractivity contribution < 1.29 is 19.7 Å². The molecule has 3 atom stereocenters. The van der Waals surface area contributed by atoms with Gasteiger partial charge in [0.15, 0.2) is 0 Å². The second-order valence-corrected chi connectivity index (χ2v) is 8.83. The molecule has 1 rings (SSSR count). The molecule has 4 nitrogen and oxygen atoms in total. The van der Waals surface area contributed by atoms with Crippen molar-refractivity contribution in [2.24, 2.45) is 5.92 Å². The minimum Gasteiger partial charge on any atom is -0.481 e. The van der Waals surface area contributed by atoms with E-state index in [1.165, 1.54) is 16.7 Å². The predicted molar refractivity (Wildman–Crippen MR) is 115 cm³/mol. The SMILES string of the molecule is CC(C)=CCC/C(C)=C/CC/C(C)=C/CC[C@@]1(C)CC[C@@H]([C@H](C)C(=O)O)OO1. The number of rotatable bonds is 11. The van der Waals surface area contributed by atoms with Gasteiger partial charge < -0.3 is 5.11 Å². The summed E-state index contributed by atoms with van der Waals surface area (Å²) in [6.07, 6.45) is 14.5. The van der Waals surface area contributed by atoms with Gasteiger partial charge in [-0.15, -0.1) is 0 Å². The van der Waals surface area contributed by atoms with Gasteiger partial charge in [-0.3, -0.25) is 4.79 Å². The highest BCUT2D eigenvalue weighted by molar-refractivity contribution is 5.70. The first-order valence-electron chi connectivity index (χ1n) is 10.6. The Bertz CT molecular complexity index is 573. The Morgan fingerprint density at radius 1 is 1.07 bits per heavy atom. The number of carbonyl (C=O) groups is 1. The quantitative estimate of drug-likeness (QED) is 0.311. The van der Waals surface area contributed by atoms with Crippen LogP contribution in [0.15, 0.2) is 34.9 Å². The van der Waals surface area contributed by atoms with E-state index in [2.05, 4.69) is 52.8 Å². The number of hydrogen-bond donors (Lipinski definition) is 1. The summed E-state index contributed by atoms with van der Waals surface area (Å²) in [5.74, 6) is -1.37. The molecule has 0 aromatic heterocycles. The zero-order valence-corrected chi connectivity index (χ0v) is 18.7. The molecular weight excluding hydrogens is 352 g/mol. The van der Waals surface area contributed by atoms with Crippen LogP contribution in [0.1, 0.15) is 92.9 Å². The van der Waals surface area contributed by atoms with Crippen molar-refractivity contribution in [1.82, 2.24) is 0 Å². The van der Waals surface area contributed by atoms with Crippen LogP contribution in [-0.2, 0) is 14.6 Å². The third-order valence-electron chi connectivity index (χ3n) is 5.57. The summed E-state index contributed by atoms with van der Waals surface area (Å²) in [5, 5.41) is 9.09. The van der Waals surface area contributed by atoms with Gasteiger partial charge in [0.25, 0.3) is 0 Å². The van der Waals surface area contributed by atoms with Crippen molar-refractivity contribution in [3.8, 4) is 0 Å². The van der Waals surface area contributed by atoms with Crippen molar-refractivity contribution in [3.05, 3.63) is 34.9 Å². The lowest BCUT2D eigenvalue weighted by Gasteiger charge is -2.37. The third kappa shape index (κ3) is 9.70. The molecule has 4 heteroatoms. The third-order valence-corrected chi connectivity index (χ3v) is 5.57. The smallest absolute Gasteiger partial charge is 0.308 e. The fourth-order valence-electron chi connectivity index (χ4n) is 3.34. The molecule has 0 aromatic carbocycles. The molecule has 160 valence electrons. The van der Waals surface area contributed by atoms with Gasteiger partial charge in [0.2, 0.25) is 0 Å². The molecule has 0 spiro atoms. The van der Waals surface area contributed by atoms with E-state index < -0.39 is 11.9 Å². The normalized spacial score (nSPS) is 24.7. The van der Waals surface area contributed by atoms with Crippen molar-refractivity contribution in [2.45, 2.75) is 105 Å². The van der Waals surface area contributed by atoms with Gasteiger partial charge in [-0.1, -0.05) is 34.9 Å². The molecule has 1 heterocycles. The Morgan fingerprint density at radius 3 is 2.14 bits per heavy atom. The monoisotopic (exact) mass is 392 g/mol. The average Bonchev–Trinajstić information content (AvgIpc) is 2.61. The largest absolute Gasteiger partial charge is 0.481 e. The van der Waals surface area contributed by atoms with Crippen molar-refractivity contribution in [1.29, 1.82) is 0 Å². The fraction of sp³-hybridized carbons (Fsp3) is 0.708. The van der Waals surface area contributed by atoms with Gasteiger partial charge in [0.05, 0.1) is 5.92 Å². The maximum absolute atomic E-state index is 11.1. The lowest BCUT2D eigenvalue weighted by atomic mass is 9.88. The number of carboxylic acids is 1. The number of aliphatic carboxylic acids is 1. The second kappa shape index (κ2) is 12.2. The second-order valence-electron chi connectivity index (χ2n) is 8.83. The van der Waals surface area contributed by atoms with E-state index in [9.17, 15) is 4.79 Å². The first-order chi connectivity index (χ1) is 13.1. The zero-order chi connectivity index (χ0) is 21.2. The van der Waals surface area contributed by atoms with E-state index in [1.54, 1.807) is 6.92 Å². The van der Waals surface area contributed by atoms with E-state index >= 15 is 0 Å². The van der Waals surface area contributed by atoms with Gasteiger partial charge >= 0.3 is 5.97 Å². The van der Waals surface area contributed by atoms with Crippen molar-refractivity contribution in [3.63, 3.8) is 0 Å². The standard InChI is InChI=1S/C24H40O4/c1-18(2)10-7-11-19(3)12-8-13-20(4)14-9-16-24(6)17-15-22(27-28-24)21(5)23(25)26/h10,12,14,21-22H,7-9,11,13,15-17H2,1-6H3,(H,25,26)/b19-12+,20-14+/t21-,22-,24-/m0/s1. The number of carboxylic acid groups (broad SMARTS) is 1. The highest BCUT2D eigenvalue weighted by Gasteiger charge is 2.37. The van der Waals surface area contributed by atoms with Crippen LogP contribution in [0.25, 0.3) is 0 Å². The predicted octanol–water partition coefficient (Wildman–Crippen LogP) is 6.78. The van der Waals surface area contributed by atoms with Crippen LogP contribution in [0.4, 0.5) is 0 Å². The van der Waals surface area contributed by atoms with Crippen LogP contribution in [0, 0.1) is 5.92 Å². The molecule has 0 saturated carbocycles. The minimum absolute atomic E-state index is 0.326. The Kier molecular flexibility index (Phi) is 10.8. The van der Waals surface area contributed by atoms with Gasteiger partial charge in [-0.05, 0) is 92.9 Å². The average molecular weight is 393 g/mol. The maximum atomic E-state index is 11.1. The molecular formula is C24H40O4. The van der Waals surface area contributed by atoms with Gasteiger partial charge in [-0.2, -0.15) is 0 Å². The Hall–Kier alpha value is -1.39. The van der Waals surface area contributed by atoms with Gasteiger partial charge in [0.1, 0.15) is 11.7 Å². The summed E-state index contributed by atoms with van der Waals surface area (Å²) in [6.45, 7) is 12.4. The molecule has 0 aliphatic carbocycles. The summed E-state index contributed by atoms with van der Waals surface area (Å²) < 4.78 is 0. The van der Waals surface area contributed by atoms with E-state index in [1.807, 2.05) is 0 Å². The first kappa shape index (κ1) is 24.6. The van der Waals surface area contributed by atoms with Crippen LogP contribution in [0.5, 0.6) is 0 Å². The lowest BCUT2D eigenvalue weighted by molar-refractivity contribution is -0.411. The summed E-state index contributed by atoms with van der Waals surface area (Å²) in [7, 11) is 0. The Balaban J connectivity index is 2.30. The highest BCUT2D eigenvalue weighted by atomic mass is 17.2. The fourth-order valence-corrected chi connectivity index (χ4v) is 3.34. The topological polar surface area (TPSA) is 55.8 Å². The first-order valence-corrected chi connectivity index (χ1v) is 10.6. The van der Waals surface area contributed by atoms with Crippen LogP contribution < -0.4 is 0 Å². The van der Waals surface area contributed by atoms with Crippen LogP contribution in [0.2, 0.25) is 0 Å². The molecule has 1 aliphatic heterocycles. The molecule has 0 aromatic rings. The molecule has 0 bridgehead atoms. The molecule has 1 fully saturated rings. The zero-order valence-electron chi connectivity index (χ0n) is 18.7. The maximum Gasteiger partial charge on any atom is 0.308 e. The highest BCUT2D eigenvalue weighted by Crippen LogP contribution is 2.33. The summed E-state index contributed by atoms with van der Waals surface area (Å²) in [4.78, 5) is 22.1. The molecule has 0 unspecified atom stereocenters. The summed E-state index contributed by atoms with van der Waals surface area (Å²) >= 11 is 0. The van der Waals surface area contributed by atoms with Crippen LogP contribution in [-0.4, -0.2) is 22.8 Å². The lowest BCUT2D eigenvalue weighted by Crippen LogP contribution is -2.41. The van der Waals surface area contributed by atoms with Crippen LogP contribution >= 0.6 is 0 Å². The van der Waals surface area contributed by atoms with E-state index in [0.29, 0.717) is 0 Å². The van der Waals surface area contributed by atoms with Crippen LogP contribution in [0.3, 0.4) is 0 Å². The summed E-state index contributed by atoms with van der Waals surface area (Å²) in [6, 6.07) is 0. The van der Waals surface area contributed by atoms with Gasteiger partial charge in [-0.25, -0.2) is 9.78 Å². The van der Waals surface area contributed by atoms with Gasteiger partial charge in [0, 0.05) is 0 Å². The van der Waals surface area contributed by atoms with Crippen molar-refractivity contribution in [2.75, 3.05) is 0 Å². The Labute approximate surface area is 171 Å². The number of hydrogen-bond acceptors (Lipinski definition) is 3. The van der Waals surface area contributed by atoms with E-state index in [-0.39, 0.29) is 11.7 Å². The molecule has 0 radical (unpaired) electrons. The molecule has 1 saturated heterocycles. The number of allylic oxidation sites excluding steroid dienone is 6. The van der Waals surface area contributed by atoms with E-state index in [0.717, 1.165) is 51.4 Å². The molecule has 28 heavy (non-hydrogen) atoms. The van der Waals surface area contributed by atoms with Crippen molar-refractivity contribution >= 4 is 5.97 Å².